The molecular weight excluding hydrogens is 144 g/mol. The van der Waals surface area contributed by atoms with Crippen LogP contribution in [0.3, 0.4) is 0 Å². The van der Waals surface area contributed by atoms with Gasteiger partial charge in [-0.15, -0.1) is 0 Å². The van der Waals surface area contributed by atoms with Gasteiger partial charge in [0.15, 0.2) is 0 Å². The molecule has 2 rings (SSSR count). The summed E-state index contributed by atoms with van der Waals surface area (Å²) >= 11 is 0. The maximum atomic E-state index is 8.88. The van der Waals surface area contributed by atoms with Crippen molar-refractivity contribution in [2.75, 3.05) is 6.61 Å². The van der Waals surface area contributed by atoms with Crippen molar-refractivity contribution < 1.29 is 9.84 Å². The normalized spacial score (nSPS) is 16.5. The summed E-state index contributed by atoms with van der Waals surface area (Å²) in [5, 5.41) is 8.88. The average molecular weight is 154 g/mol. The lowest BCUT2D eigenvalue weighted by Gasteiger charge is -2.15. The maximum absolute atomic E-state index is 8.88. The van der Waals surface area contributed by atoms with Gasteiger partial charge in [-0.25, -0.2) is 4.98 Å². The summed E-state index contributed by atoms with van der Waals surface area (Å²) in [6.07, 6.45) is 1.70. The van der Waals surface area contributed by atoms with Crippen molar-refractivity contribution in [2.24, 2.45) is 0 Å². The van der Waals surface area contributed by atoms with Gasteiger partial charge in [0.05, 0.1) is 25.1 Å². The van der Waals surface area contributed by atoms with Gasteiger partial charge in [0.2, 0.25) is 0 Å². The summed E-state index contributed by atoms with van der Waals surface area (Å²) in [4.78, 5) is 4.11. The second-order valence-corrected chi connectivity index (χ2v) is 2.53. The fourth-order valence-electron chi connectivity index (χ4n) is 1.29. The van der Waals surface area contributed by atoms with Gasteiger partial charge in [0, 0.05) is 6.54 Å². The SMILES string of the molecule is OCc1cnc2n1CCOC2. The number of aromatic nitrogens is 2. The third-order valence-electron chi connectivity index (χ3n) is 1.87. The molecule has 0 saturated heterocycles. The Hall–Kier alpha value is -0.870. The Morgan fingerprint density at radius 2 is 2.64 bits per heavy atom. The van der Waals surface area contributed by atoms with Crippen molar-refractivity contribution in [3.05, 3.63) is 17.7 Å². The lowest BCUT2D eigenvalue weighted by atomic mass is 10.4. The molecule has 2 heterocycles. The van der Waals surface area contributed by atoms with Crippen molar-refractivity contribution >= 4 is 0 Å². The summed E-state index contributed by atoms with van der Waals surface area (Å²) in [5.74, 6) is 0.917. The van der Waals surface area contributed by atoms with Crippen molar-refractivity contribution in [3.8, 4) is 0 Å². The Bertz CT molecular complexity index is 243. The molecule has 0 saturated carbocycles. The summed E-state index contributed by atoms with van der Waals surface area (Å²) in [6, 6.07) is 0. The first-order valence-electron chi connectivity index (χ1n) is 3.63. The number of aliphatic hydroxyl groups is 1. The molecule has 0 amide bonds. The number of aliphatic hydroxyl groups excluding tert-OH is 1. The van der Waals surface area contributed by atoms with Crippen LogP contribution in [0.2, 0.25) is 0 Å². The van der Waals surface area contributed by atoms with Crippen LogP contribution in [0, 0.1) is 0 Å². The summed E-state index contributed by atoms with van der Waals surface area (Å²) in [7, 11) is 0. The van der Waals surface area contributed by atoms with Gasteiger partial charge in [-0.05, 0) is 0 Å². The highest BCUT2D eigenvalue weighted by molar-refractivity contribution is 5.04. The molecule has 0 atom stereocenters. The van der Waals surface area contributed by atoms with Crippen molar-refractivity contribution in [2.45, 2.75) is 19.8 Å². The Labute approximate surface area is 64.4 Å². The number of rotatable bonds is 1. The minimum Gasteiger partial charge on any atom is -0.390 e. The summed E-state index contributed by atoms with van der Waals surface area (Å²) in [5.41, 5.74) is 0.878. The van der Waals surface area contributed by atoms with Crippen LogP contribution in [-0.2, 0) is 24.5 Å². The molecule has 0 aliphatic carbocycles. The van der Waals surface area contributed by atoms with Crippen LogP contribution >= 0.6 is 0 Å². The molecule has 0 radical (unpaired) electrons. The number of ether oxygens (including phenoxy) is 1. The van der Waals surface area contributed by atoms with E-state index in [-0.39, 0.29) is 6.61 Å². The van der Waals surface area contributed by atoms with Gasteiger partial charge in [-0.2, -0.15) is 0 Å². The lowest BCUT2D eigenvalue weighted by Crippen LogP contribution is -2.18. The number of imidazole rings is 1. The molecule has 0 unspecified atom stereocenters. The number of hydrogen-bond acceptors (Lipinski definition) is 3. The van der Waals surface area contributed by atoms with E-state index in [1.807, 2.05) is 4.57 Å². The first kappa shape index (κ1) is 6.82. The second kappa shape index (κ2) is 2.64. The Kier molecular flexibility index (Phi) is 1.63. The van der Waals surface area contributed by atoms with E-state index in [9.17, 15) is 0 Å². The topological polar surface area (TPSA) is 47.3 Å². The smallest absolute Gasteiger partial charge is 0.135 e. The van der Waals surface area contributed by atoms with Crippen LogP contribution < -0.4 is 0 Å². The fraction of sp³-hybridized carbons (Fsp3) is 0.571. The van der Waals surface area contributed by atoms with Gasteiger partial charge >= 0.3 is 0 Å². The van der Waals surface area contributed by atoms with E-state index in [1.54, 1.807) is 6.20 Å². The summed E-state index contributed by atoms with van der Waals surface area (Å²) in [6.45, 7) is 2.16. The van der Waals surface area contributed by atoms with Crippen LogP contribution in [0.5, 0.6) is 0 Å². The third kappa shape index (κ3) is 1.04. The van der Waals surface area contributed by atoms with Crippen LogP contribution in [0.15, 0.2) is 6.20 Å². The molecule has 4 nitrogen and oxygen atoms in total. The van der Waals surface area contributed by atoms with E-state index in [4.69, 9.17) is 9.84 Å². The van der Waals surface area contributed by atoms with E-state index < -0.39 is 0 Å². The van der Waals surface area contributed by atoms with Crippen molar-refractivity contribution in [3.63, 3.8) is 0 Å². The van der Waals surface area contributed by atoms with Gasteiger partial charge < -0.3 is 14.4 Å². The first-order chi connectivity index (χ1) is 5.42. The van der Waals surface area contributed by atoms with Crippen LogP contribution in [0.4, 0.5) is 0 Å². The van der Waals surface area contributed by atoms with Gasteiger partial charge in [-0.1, -0.05) is 0 Å². The van der Waals surface area contributed by atoms with Gasteiger partial charge in [0.1, 0.15) is 12.4 Å². The number of nitrogens with zero attached hydrogens (tertiary/aromatic N) is 2. The molecule has 0 bridgehead atoms. The van der Waals surface area contributed by atoms with E-state index in [0.717, 1.165) is 24.7 Å². The number of fused-ring (bicyclic) bond motifs is 1. The second-order valence-electron chi connectivity index (χ2n) is 2.53. The van der Waals surface area contributed by atoms with Crippen LogP contribution in [0.1, 0.15) is 11.5 Å². The molecule has 1 aliphatic rings. The molecule has 0 aromatic carbocycles. The molecule has 1 N–H and O–H groups in total. The molecule has 1 aromatic heterocycles. The molecule has 1 aliphatic heterocycles. The first-order valence-corrected chi connectivity index (χ1v) is 3.63. The van der Waals surface area contributed by atoms with E-state index in [2.05, 4.69) is 4.98 Å². The maximum Gasteiger partial charge on any atom is 0.135 e. The van der Waals surface area contributed by atoms with Crippen LogP contribution in [-0.4, -0.2) is 21.3 Å². The third-order valence-corrected chi connectivity index (χ3v) is 1.87. The van der Waals surface area contributed by atoms with Crippen molar-refractivity contribution in [1.29, 1.82) is 0 Å². The molecule has 1 aromatic rings. The molecule has 0 fully saturated rings. The molecule has 60 valence electrons. The molecular formula is C7H10N2O2. The standard InChI is InChI=1S/C7H10N2O2/c10-4-6-3-8-7-5-11-2-1-9(6)7/h3,10H,1-2,4-5H2. The van der Waals surface area contributed by atoms with E-state index in [1.165, 1.54) is 0 Å². The minimum absolute atomic E-state index is 0.0625. The molecule has 0 spiro atoms. The lowest BCUT2D eigenvalue weighted by molar-refractivity contribution is 0.0791. The summed E-state index contributed by atoms with van der Waals surface area (Å²) < 4.78 is 7.19. The Morgan fingerprint density at radius 3 is 3.45 bits per heavy atom. The quantitative estimate of drug-likeness (QED) is 0.614. The fourth-order valence-corrected chi connectivity index (χ4v) is 1.29. The highest BCUT2D eigenvalue weighted by Gasteiger charge is 2.12. The minimum atomic E-state index is 0.0625. The zero-order valence-corrected chi connectivity index (χ0v) is 6.16. The Morgan fingerprint density at radius 1 is 1.73 bits per heavy atom. The van der Waals surface area contributed by atoms with E-state index in [0.29, 0.717) is 6.61 Å². The zero-order chi connectivity index (χ0) is 7.68. The van der Waals surface area contributed by atoms with E-state index >= 15 is 0 Å². The van der Waals surface area contributed by atoms with Crippen molar-refractivity contribution in [1.82, 2.24) is 9.55 Å². The molecule has 4 heteroatoms. The predicted octanol–water partition coefficient (Wildman–Crippen LogP) is -0.0944. The monoisotopic (exact) mass is 154 g/mol. The van der Waals surface area contributed by atoms with Gasteiger partial charge in [-0.3, -0.25) is 0 Å². The predicted molar refractivity (Wildman–Crippen MR) is 37.8 cm³/mol. The zero-order valence-electron chi connectivity index (χ0n) is 6.16. The van der Waals surface area contributed by atoms with Crippen LogP contribution in [0.25, 0.3) is 0 Å². The number of hydrogen-bond donors (Lipinski definition) is 1. The average Bonchev–Trinajstić information content (AvgIpc) is 2.47. The largest absolute Gasteiger partial charge is 0.390 e. The molecule has 11 heavy (non-hydrogen) atoms. The highest BCUT2D eigenvalue weighted by atomic mass is 16.5. The van der Waals surface area contributed by atoms with Gasteiger partial charge in [0.25, 0.3) is 0 Å². The Balaban J connectivity index is 2.38. The highest BCUT2D eigenvalue weighted by Crippen LogP contribution is 2.10.